The number of carbonyl (C=O) groups is 1. The summed E-state index contributed by atoms with van der Waals surface area (Å²) >= 11 is 0. The van der Waals surface area contributed by atoms with Gasteiger partial charge in [-0.05, 0) is 0 Å². The normalized spacial score (nSPS) is 15.0. The molecule has 0 radical (unpaired) electrons. The molecule has 4 nitrogen and oxygen atoms in total. The molecule has 2 unspecified atom stereocenters. The molecule has 0 saturated heterocycles. The predicted octanol–water partition coefficient (Wildman–Crippen LogP) is 0.191. The molecule has 13 heavy (non-hydrogen) atoms. The Balaban J connectivity index is 3.71. The van der Waals surface area contributed by atoms with Gasteiger partial charge >= 0.3 is 5.97 Å². The minimum atomic E-state index is -0.998. The van der Waals surface area contributed by atoms with E-state index in [-0.39, 0.29) is 11.9 Å². The lowest BCUT2D eigenvalue weighted by Gasteiger charge is -2.07. The number of carbonyl (C=O) groups excluding carboxylic acids is 1. The molecule has 2 atom stereocenters. The summed E-state index contributed by atoms with van der Waals surface area (Å²) in [6, 6.07) is 0. The number of esters is 1. The Morgan fingerprint density at radius 3 is 2.54 bits per heavy atom. The van der Waals surface area contributed by atoms with Crippen molar-refractivity contribution in [3.8, 4) is 0 Å². The van der Waals surface area contributed by atoms with Gasteiger partial charge in [0.1, 0.15) is 0 Å². The van der Waals surface area contributed by atoms with Crippen molar-refractivity contribution >= 4 is 16.8 Å². The Morgan fingerprint density at radius 1 is 1.46 bits per heavy atom. The van der Waals surface area contributed by atoms with Gasteiger partial charge in [-0.15, -0.1) is 0 Å². The highest BCUT2D eigenvalue weighted by Crippen LogP contribution is 2.00. The maximum atomic E-state index is 11.3. The number of rotatable bonds is 6. The summed E-state index contributed by atoms with van der Waals surface area (Å²) in [7, 11) is 1.89. The van der Waals surface area contributed by atoms with E-state index in [0.29, 0.717) is 18.1 Å². The van der Waals surface area contributed by atoms with Gasteiger partial charge in [0.15, 0.2) is 0 Å². The predicted molar refractivity (Wildman–Crippen MR) is 50.9 cm³/mol. The first kappa shape index (κ1) is 12.6. The molecule has 5 heteroatoms. The number of hydrogen-bond donors (Lipinski definition) is 0. The summed E-state index contributed by atoms with van der Waals surface area (Å²) in [6.45, 7) is 2.16. The van der Waals surface area contributed by atoms with E-state index in [4.69, 9.17) is 4.74 Å². The molecule has 0 aromatic heterocycles. The summed E-state index contributed by atoms with van der Waals surface area (Å²) in [5.74, 6) is 0.196. The van der Waals surface area contributed by atoms with Gasteiger partial charge in [0, 0.05) is 29.4 Å². The SMILES string of the molecule is COCCS(=O)CC(C)C(=O)OC. The minimum absolute atomic E-state index is 0.303. The molecule has 0 amide bonds. The van der Waals surface area contributed by atoms with E-state index in [2.05, 4.69) is 4.74 Å². The fraction of sp³-hybridized carbons (Fsp3) is 0.875. The van der Waals surface area contributed by atoms with Crippen LogP contribution in [0.25, 0.3) is 0 Å². The third kappa shape index (κ3) is 5.76. The second-order valence-corrected chi connectivity index (χ2v) is 4.35. The van der Waals surface area contributed by atoms with Crippen molar-refractivity contribution in [1.82, 2.24) is 0 Å². The van der Waals surface area contributed by atoms with E-state index in [1.54, 1.807) is 14.0 Å². The fourth-order valence-corrected chi connectivity index (χ4v) is 2.02. The monoisotopic (exact) mass is 208 g/mol. The zero-order valence-corrected chi connectivity index (χ0v) is 9.06. The van der Waals surface area contributed by atoms with Gasteiger partial charge in [-0.1, -0.05) is 6.92 Å². The summed E-state index contributed by atoms with van der Waals surface area (Å²) in [4.78, 5) is 10.9. The van der Waals surface area contributed by atoms with Crippen molar-refractivity contribution in [2.75, 3.05) is 32.3 Å². The maximum Gasteiger partial charge on any atom is 0.309 e. The van der Waals surface area contributed by atoms with Gasteiger partial charge in [-0.3, -0.25) is 9.00 Å². The lowest BCUT2D eigenvalue weighted by Crippen LogP contribution is -2.21. The molecule has 0 spiro atoms. The molecule has 0 saturated carbocycles. The van der Waals surface area contributed by atoms with Gasteiger partial charge in [-0.25, -0.2) is 0 Å². The molecular weight excluding hydrogens is 192 g/mol. The molecule has 0 aliphatic rings. The maximum absolute atomic E-state index is 11.3. The Kier molecular flexibility index (Phi) is 6.80. The molecule has 0 rings (SSSR count). The van der Waals surface area contributed by atoms with Crippen LogP contribution in [-0.4, -0.2) is 42.5 Å². The average molecular weight is 208 g/mol. The molecule has 78 valence electrons. The van der Waals surface area contributed by atoms with Crippen molar-refractivity contribution in [3.63, 3.8) is 0 Å². The third-order valence-corrected chi connectivity index (χ3v) is 3.05. The zero-order valence-electron chi connectivity index (χ0n) is 8.24. The Bertz CT molecular complexity index is 181. The van der Waals surface area contributed by atoms with E-state index in [0.717, 1.165) is 0 Å². The lowest BCUT2D eigenvalue weighted by atomic mass is 10.2. The van der Waals surface area contributed by atoms with Crippen molar-refractivity contribution in [1.29, 1.82) is 0 Å². The summed E-state index contributed by atoms with van der Waals surface area (Å²) in [5, 5.41) is 0. The van der Waals surface area contributed by atoms with Crippen molar-refractivity contribution in [2.24, 2.45) is 5.92 Å². The molecule has 0 aromatic carbocycles. The highest BCUT2D eigenvalue weighted by molar-refractivity contribution is 7.85. The highest BCUT2D eigenvalue weighted by Gasteiger charge is 2.15. The van der Waals surface area contributed by atoms with E-state index >= 15 is 0 Å². The highest BCUT2D eigenvalue weighted by atomic mass is 32.2. The largest absolute Gasteiger partial charge is 0.469 e. The van der Waals surface area contributed by atoms with Crippen LogP contribution in [0.2, 0.25) is 0 Å². The first-order valence-electron chi connectivity index (χ1n) is 4.03. The van der Waals surface area contributed by atoms with Crippen molar-refractivity contribution in [3.05, 3.63) is 0 Å². The quantitative estimate of drug-likeness (QED) is 0.585. The van der Waals surface area contributed by atoms with Crippen LogP contribution < -0.4 is 0 Å². The van der Waals surface area contributed by atoms with Gasteiger partial charge < -0.3 is 9.47 Å². The first-order valence-corrected chi connectivity index (χ1v) is 5.52. The van der Waals surface area contributed by atoms with Crippen LogP contribution in [0.4, 0.5) is 0 Å². The van der Waals surface area contributed by atoms with Gasteiger partial charge in [0.05, 0.1) is 19.6 Å². The minimum Gasteiger partial charge on any atom is -0.469 e. The molecule has 0 aromatic rings. The summed E-state index contributed by atoms with van der Waals surface area (Å²) in [5.41, 5.74) is 0. The molecule has 0 fully saturated rings. The van der Waals surface area contributed by atoms with Crippen LogP contribution in [0.5, 0.6) is 0 Å². The number of methoxy groups -OCH3 is 2. The topological polar surface area (TPSA) is 52.6 Å². The Morgan fingerprint density at radius 2 is 2.08 bits per heavy atom. The van der Waals surface area contributed by atoms with Crippen LogP contribution in [0.15, 0.2) is 0 Å². The zero-order chi connectivity index (χ0) is 10.3. The van der Waals surface area contributed by atoms with Crippen LogP contribution in [0.1, 0.15) is 6.92 Å². The Labute approximate surface area is 81.1 Å². The smallest absolute Gasteiger partial charge is 0.309 e. The molecule has 0 aliphatic carbocycles. The van der Waals surface area contributed by atoms with E-state index in [9.17, 15) is 9.00 Å². The second-order valence-electron chi connectivity index (χ2n) is 2.73. The standard InChI is InChI=1S/C8H16O4S/c1-7(8(9)12-3)6-13(10)5-4-11-2/h7H,4-6H2,1-3H3. The molecular formula is C8H16O4S. The van der Waals surface area contributed by atoms with Crippen molar-refractivity contribution in [2.45, 2.75) is 6.92 Å². The average Bonchev–Trinajstić information content (AvgIpc) is 2.13. The molecule has 0 bridgehead atoms. The summed E-state index contributed by atoms with van der Waals surface area (Å²) in [6.07, 6.45) is 0. The lowest BCUT2D eigenvalue weighted by molar-refractivity contribution is -0.144. The third-order valence-electron chi connectivity index (χ3n) is 1.55. The van der Waals surface area contributed by atoms with E-state index in [1.165, 1.54) is 7.11 Å². The molecule has 0 heterocycles. The van der Waals surface area contributed by atoms with Gasteiger partial charge in [-0.2, -0.15) is 0 Å². The molecule has 0 N–H and O–H groups in total. The fourth-order valence-electron chi connectivity index (χ4n) is 0.808. The van der Waals surface area contributed by atoms with E-state index in [1.807, 2.05) is 0 Å². The molecule has 0 aliphatic heterocycles. The Hall–Kier alpha value is -0.420. The second kappa shape index (κ2) is 7.03. The van der Waals surface area contributed by atoms with E-state index < -0.39 is 10.8 Å². The van der Waals surface area contributed by atoms with Crippen LogP contribution in [0.3, 0.4) is 0 Å². The number of ether oxygens (including phenoxy) is 2. The van der Waals surface area contributed by atoms with Crippen LogP contribution in [0, 0.1) is 5.92 Å². The van der Waals surface area contributed by atoms with Gasteiger partial charge in [0.25, 0.3) is 0 Å². The van der Waals surface area contributed by atoms with Crippen LogP contribution >= 0.6 is 0 Å². The first-order chi connectivity index (χ1) is 6.11. The van der Waals surface area contributed by atoms with Crippen molar-refractivity contribution < 1.29 is 18.5 Å². The van der Waals surface area contributed by atoms with Gasteiger partial charge in [0.2, 0.25) is 0 Å². The number of hydrogen-bond acceptors (Lipinski definition) is 4. The van der Waals surface area contributed by atoms with Crippen LogP contribution in [-0.2, 0) is 25.1 Å². The summed E-state index contributed by atoms with van der Waals surface area (Å²) < 4.78 is 20.5.